The maximum absolute atomic E-state index is 13.9. The first-order chi connectivity index (χ1) is 18.2. The van der Waals surface area contributed by atoms with Gasteiger partial charge in [0.25, 0.3) is 0 Å². The second kappa shape index (κ2) is 9.23. The fraction of sp³-hybridized carbons (Fsp3) is 0.467. The molecule has 0 spiro atoms. The monoisotopic (exact) mass is 535 g/mol. The highest BCUT2D eigenvalue weighted by molar-refractivity contribution is 6.32. The Morgan fingerprint density at radius 3 is 2.47 bits per heavy atom. The van der Waals surface area contributed by atoms with Crippen LogP contribution in [0.5, 0.6) is 11.5 Å². The van der Waals surface area contributed by atoms with E-state index in [1.54, 1.807) is 19.1 Å². The number of methoxy groups -OCH3 is 1. The molecule has 5 aliphatic rings. The SMILES string of the molecule is COc1cc(C2C3=CCC4C(=O)N(C5CCCCC5)C(=O)C4C3CC3=C2C(=O)C(C)=CC3=O)cc(Cl)c1O. The summed E-state index contributed by atoms with van der Waals surface area (Å²) in [6.45, 7) is 1.63. The van der Waals surface area contributed by atoms with Crippen molar-refractivity contribution in [3.63, 3.8) is 0 Å². The van der Waals surface area contributed by atoms with Crippen molar-refractivity contribution in [1.82, 2.24) is 4.90 Å². The molecule has 4 unspecified atom stereocenters. The van der Waals surface area contributed by atoms with Crippen LogP contribution in [-0.4, -0.2) is 46.5 Å². The number of aromatic hydroxyl groups is 1. The molecule has 1 aromatic rings. The molecule has 1 heterocycles. The lowest BCUT2D eigenvalue weighted by Gasteiger charge is -2.42. The van der Waals surface area contributed by atoms with Crippen LogP contribution in [0, 0.1) is 17.8 Å². The first kappa shape index (κ1) is 25.1. The number of phenols is 1. The third kappa shape index (κ3) is 3.62. The molecule has 0 bridgehead atoms. The number of carbonyl (C=O) groups is 4. The van der Waals surface area contributed by atoms with E-state index >= 15 is 0 Å². The van der Waals surface area contributed by atoms with Crippen LogP contribution in [0.2, 0.25) is 5.02 Å². The summed E-state index contributed by atoms with van der Waals surface area (Å²) in [6.07, 6.45) is 8.82. The number of hydrogen-bond acceptors (Lipinski definition) is 6. The molecule has 1 aliphatic heterocycles. The number of fused-ring (bicyclic) bond motifs is 3. The maximum atomic E-state index is 13.9. The molecule has 38 heavy (non-hydrogen) atoms. The van der Waals surface area contributed by atoms with Crippen LogP contribution in [0.15, 0.2) is 46.6 Å². The van der Waals surface area contributed by atoms with Gasteiger partial charge in [0.2, 0.25) is 11.8 Å². The van der Waals surface area contributed by atoms with E-state index in [9.17, 15) is 24.3 Å². The van der Waals surface area contributed by atoms with E-state index in [1.165, 1.54) is 18.1 Å². The lowest BCUT2D eigenvalue weighted by molar-refractivity contribution is -0.143. The van der Waals surface area contributed by atoms with Crippen LogP contribution >= 0.6 is 11.6 Å². The Hall–Kier alpha value is -3.19. The summed E-state index contributed by atoms with van der Waals surface area (Å²) in [5, 5.41) is 10.4. The first-order valence-electron chi connectivity index (χ1n) is 13.4. The Balaban J connectivity index is 1.49. The number of nitrogens with zero attached hydrogens (tertiary/aromatic N) is 1. The van der Waals surface area contributed by atoms with Crippen LogP contribution in [0.25, 0.3) is 0 Å². The molecule has 0 radical (unpaired) electrons. The van der Waals surface area contributed by atoms with Crippen LogP contribution in [0.1, 0.15) is 63.4 Å². The molecule has 1 aromatic carbocycles. The van der Waals surface area contributed by atoms with E-state index in [0.29, 0.717) is 28.7 Å². The number of rotatable bonds is 3. The zero-order valence-electron chi connectivity index (χ0n) is 21.5. The van der Waals surface area contributed by atoms with Gasteiger partial charge in [-0.3, -0.25) is 24.1 Å². The fourth-order valence-corrected chi connectivity index (χ4v) is 7.60. The smallest absolute Gasteiger partial charge is 0.233 e. The average molecular weight is 536 g/mol. The number of benzene rings is 1. The molecule has 6 rings (SSSR count). The van der Waals surface area contributed by atoms with E-state index in [2.05, 4.69) is 0 Å². The number of allylic oxidation sites excluding steroid dienone is 6. The number of phenolic OH excluding ortho intramolecular Hbond substituents is 1. The molecular formula is C30H30ClNO6. The lowest BCUT2D eigenvalue weighted by atomic mass is 9.59. The quantitative estimate of drug-likeness (QED) is 0.338. The third-order valence-corrected chi connectivity index (χ3v) is 9.43. The van der Waals surface area contributed by atoms with Crippen molar-refractivity contribution in [3.8, 4) is 11.5 Å². The number of carbonyl (C=O) groups excluding carboxylic acids is 4. The highest BCUT2D eigenvalue weighted by atomic mass is 35.5. The van der Waals surface area contributed by atoms with Crippen LogP contribution in [0.4, 0.5) is 0 Å². The molecule has 198 valence electrons. The van der Waals surface area contributed by atoms with Gasteiger partial charge in [0.15, 0.2) is 23.1 Å². The Morgan fingerprint density at radius 2 is 1.76 bits per heavy atom. The van der Waals surface area contributed by atoms with Crippen molar-refractivity contribution in [2.75, 3.05) is 7.11 Å². The number of likely N-dealkylation sites (tertiary alicyclic amines) is 1. The number of Topliss-reactive ketones (excluding diaryl/α,β-unsaturated/α-hetero) is 1. The zero-order chi connectivity index (χ0) is 26.9. The summed E-state index contributed by atoms with van der Waals surface area (Å²) in [5.41, 5.74) is 2.60. The molecule has 1 N–H and O–H groups in total. The van der Waals surface area contributed by atoms with Crippen molar-refractivity contribution in [2.45, 2.75) is 63.8 Å². The Labute approximate surface area is 226 Å². The Morgan fingerprint density at radius 1 is 1.03 bits per heavy atom. The fourth-order valence-electron chi connectivity index (χ4n) is 7.38. The zero-order valence-corrected chi connectivity index (χ0v) is 22.2. The van der Waals surface area contributed by atoms with Gasteiger partial charge in [0.1, 0.15) is 0 Å². The minimum atomic E-state index is -0.636. The van der Waals surface area contributed by atoms with Crippen molar-refractivity contribution in [2.24, 2.45) is 17.8 Å². The minimum Gasteiger partial charge on any atom is -0.503 e. The summed E-state index contributed by atoms with van der Waals surface area (Å²) in [7, 11) is 1.42. The molecule has 2 amide bonds. The van der Waals surface area contributed by atoms with Gasteiger partial charge in [-0.2, -0.15) is 0 Å². The molecule has 0 aromatic heterocycles. The van der Waals surface area contributed by atoms with Gasteiger partial charge < -0.3 is 9.84 Å². The topological polar surface area (TPSA) is 101 Å². The maximum Gasteiger partial charge on any atom is 0.233 e. The predicted octanol–water partition coefficient (Wildman–Crippen LogP) is 4.82. The van der Waals surface area contributed by atoms with Crippen molar-refractivity contribution < 1.29 is 29.0 Å². The Kier molecular flexibility index (Phi) is 6.10. The van der Waals surface area contributed by atoms with E-state index in [4.69, 9.17) is 16.3 Å². The molecule has 2 fully saturated rings. The summed E-state index contributed by atoms with van der Waals surface area (Å²) in [5.74, 6) is -2.79. The molecule has 8 heteroatoms. The van der Waals surface area contributed by atoms with Crippen molar-refractivity contribution in [1.29, 1.82) is 0 Å². The molecule has 4 atom stereocenters. The van der Waals surface area contributed by atoms with Gasteiger partial charge >= 0.3 is 0 Å². The van der Waals surface area contributed by atoms with Crippen LogP contribution < -0.4 is 4.74 Å². The molecular weight excluding hydrogens is 506 g/mol. The second-order valence-electron chi connectivity index (χ2n) is 11.1. The highest BCUT2D eigenvalue weighted by Gasteiger charge is 2.57. The lowest BCUT2D eigenvalue weighted by Crippen LogP contribution is -2.43. The van der Waals surface area contributed by atoms with Gasteiger partial charge in [0.05, 0.1) is 24.0 Å². The van der Waals surface area contributed by atoms with Gasteiger partial charge in [-0.25, -0.2) is 0 Å². The number of imide groups is 1. The summed E-state index contributed by atoms with van der Waals surface area (Å²) >= 11 is 6.36. The molecule has 1 saturated carbocycles. The second-order valence-corrected chi connectivity index (χ2v) is 11.5. The molecule has 4 aliphatic carbocycles. The van der Waals surface area contributed by atoms with Crippen molar-refractivity contribution in [3.05, 3.63) is 57.2 Å². The molecule has 1 saturated heterocycles. The summed E-state index contributed by atoms with van der Waals surface area (Å²) < 4.78 is 5.34. The van der Waals surface area contributed by atoms with Gasteiger partial charge in [0, 0.05) is 28.7 Å². The largest absolute Gasteiger partial charge is 0.503 e. The van der Waals surface area contributed by atoms with Crippen molar-refractivity contribution >= 4 is 35.0 Å². The highest BCUT2D eigenvalue weighted by Crippen LogP contribution is 2.56. The average Bonchev–Trinajstić information content (AvgIpc) is 3.17. The van der Waals surface area contributed by atoms with E-state index in [0.717, 1.165) is 37.7 Å². The van der Waals surface area contributed by atoms with Gasteiger partial charge in [-0.15, -0.1) is 0 Å². The van der Waals surface area contributed by atoms with Gasteiger partial charge in [-0.1, -0.05) is 42.5 Å². The van der Waals surface area contributed by atoms with Crippen LogP contribution in [0.3, 0.4) is 0 Å². The predicted molar refractivity (Wildman–Crippen MR) is 140 cm³/mol. The first-order valence-corrected chi connectivity index (χ1v) is 13.7. The Bertz CT molecular complexity index is 1380. The van der Waals surface area contributed by atoms with Crippen LogP contribution in [-0.2, 0) is 19.2 Å². The summed E-state index contributed by atoms with van der Waals surface area (Å²) in [4.78, 5) is 55.8. The van der Waals surface area contributed by atoms with E-state index < -0.39 is 17.8 Å². The van der Waals surface area contributed by atoms with E-state index in [1.807, 2.05) is 6.08 Å². The normalized spacial score (nSPS) is 29.6. The van der Waals surface area contributed by atoms with E-state index in [-0.39, 0.29) is 58.3 Å². The number of ketones is 2. The number of hydrogen-bond donors (Lipinski definition) is 1. The number of halogens is 1. The minimum absolute atomic E-state index is 0.0596. The molecule has 7 nitrogen and oxygen atoms in total. The number of ether oxygens (including phenoxy) is 1. The standard InChI is InChI=1S/C30H30ClNO6/c1-14-10-22(33)20-13-19-17(24(26(20)27(14)34)15-11-21(31)28(35)23(12-15)38-2)8-9-18-25(19)30(37)32(29(18)36)16-6-4-3-5-7-16/h8,10-12,16,18-19,24-25,35H,3-7,9,13H2,1-2H3. The summed E-state index contributed by atoms with van der Waals surface area (Å²) in [6, 6.07) is 3.16. The van der Waals surface area contributed by atoms with Gasteiger partial charge in [-0.05, 0) is 62.3 Å². The number of amides is 2. The third-order valence-electron chi connectivity index (χ3n) is 9.14.